The van der Waals surface area contributed by atoms with Crippen molar-refractivity contribution in [1.82, 2.24) is 20.2 Å². The van der Waals surface area contributed by atoms with Gasteiger partial charge in [0, 0.05) is 30.9 Å². The van der Waals surface area contributed by atoms with Crippen molar-refractivity contribution < 1.29 is 8.78 Å². The van der Waals surface area contributed by atoms with Crippen LogP contribution in [-0.2, 0) is 12.0 Å². The van der Waals surface area contributed by atoms with E-state index in [9.17, 15) is 8.78 Å². The Bertz CT molecular complexity index is 714. The molecule has 0 radical (unpaired) electrons. The lowest BCUT2D eigenvalue weighted by Crippen LogP contribution is -2.45. The Kier molecular flexibility index (Phi) is 10.4. The summed E-state index contributed by atoms with van der Waals surface area (Å²) < 4.78 is 26.8. The molecule has 156 valence electrons. The molecule has 1 aromatic heterocycles. The van der Waals surface area contributed by atoms with E-state index in [2.05, 4.69) is 58.7 Å². The van der Waals surface area contributed by atoms with Crippen molar-refractivity contribution >= 4 is 29.9 Å². The standard InChI is InChI=1S/C20H29F2N5.HI/c1-4-20(5-2,16-10-8-7-9-11-16)15-26-19(23-6-3)25-14-17-24-12-13-27(17)18(21)22;/h7-13,18H,4-6,14-15H2,1-3H3,(H2,23,25,26);1H. The van der Waals surface area contributed by atoms with Crippen LogP contribution >= 0.6 is 24.0 Å². The van der Waals surface area contributed by atoms with Crippen LogP contribution in [0, 0.1) is 0 Å². The van der Waals surface area contributed by atoms with E-state index in [0.29, 0.717) is 19.0 Å². The monoisotopic (exact) mass is 505 g/mol. The molecule has 0 aliphatic rings. The molecule has 0 spiro atoms. The second kappa shape index (κ2) is 12.0. The average Bonchev–Trinajstić information content (AvgIpc) is 3.17. The van der Waals surface area contributed by atoms with Gasteiger partial charge >= 0.3 is 6.55 Å². The van der Waals surface area contributed by atoms with Gasteiger partial charge in [-0.3, -0.25) is 4.57 Å². The predicted octanol–water partition coefficient (Wildman–Crippen LogP) is 4.71. The van der Waals surface area contributed by atoms with Gasteiger partial charge in [-0.05, 0) is 25.3 Å². The maximum absolute atomic E-state index is 13.0. The number of guanidine groups is 1. The van der Waals surface area contributed by atoms with Gasteiger partial charge in [0.2, 0.25) is 0 Å². The molecule has 0 aliphatic heterocycles. The van der Waals surface area contributed by atoms with Gasteiger partial charge in [-0.25, -0.2) is 9.98 Å². The molecular weight excluding hydrogens is 475 g/mol. The van der Waals surface area contributed by atoms with Crippen molar-refractivity contribution in [2.45, 2.75) is 52.1 Å². The Balaban J connectivity index is 0.00000392. The van der Waals surface area contributed by atoms with Gasteiger partial charge < -0.3 is 10.6 Å². The van der Waals surface area contributed by atoms with Gasteiger partial charge in [0.1, 0.15) is 12.4 Å². The molecule has 0 saturated carbocycles. The lowest BCUT2D eigenvalue weighted by atomic mass is 9.76. The fourth-order valence-electron chi connectivity index (χ4n) is 3.19. The van der Waals surface area contributed by atoms with Crippen molar-refractivity contribution in [3.63, 3.8) is 0 Å². The van der Waals surface area contributed by atoms with Crippen LogP contribution in [0.5, 0.6) is 0 Å². The van der Waals surface area contributed by atoms with Crippen molar-refractivity contribution in [2.24, 2.45) is 4.99 Å². The van der Waals surface area contributed by atoms with E-state index in [-0.39, 0.29) is 41.8 Å². The summed E-state index contributed by atoms with van der Waals surface area (Å²) in [5.74, 6) is 0.839. The second-order valence-electron chi connectivity index (χ2n) is 6.43. The number of imidazole rings is 1. The number of hydrogen-bond acceptors (Lipinski definition) is 2. The Morgan fingerprint density at radius 2 is 1.82 bits per heavy atom. The number of nitrogens with one attached hydrogen (secondary N) is 2. The third-order valence-corrected chi connectivity index (χ3v) is 5.02. The predicted molar refractivity (Wildman–Crippen MR) is 120 cm³/mol. The zero-order valence-electron chi connectivity index (χ0n) is 16.7. The largest absolute Gasteiger partial charge is 0.357 e. The topological polar surface area (TPSA) is 54.2 Å². The van der Waals surface area contributed by atoms with E-state index < -0.39 is 6.55 Å². The van der Waals surface area contributed by atoms with Crippen molar-refractivity contribution in [3.05, 3.63) is 54.1 Å². The fourth-order valence-corrected chi connectivity index (χ4v) is 3.19. The fraction of sp³-hybridized carbons (Fsp3) is 0.500. The number of aliphatic imine (C=N–C) groups is 1. The summed E-state index contributed by atoms with van der Waals surface area (Å²) in [7, 11) is 0. The molecule has 0 bridgehead atoms. The minimum atomic E-state index is -2.61. The Labute approximate surface area is 183 Å². The van der Waals surface area contributed by atoms with Crippen molar-refractivity contribution in [2.75, 3.05) is 13.1 Å². The Hall–Kier alpha value is -1.71. The van der Waals surface area contributed by atoms with E-state index in [1.54, 1.807) is 0 Å². The molecule has 0 aliphatic carbocycles. The van der Waals surface area contributed by atoms with Crippen LogP contribution in [0.4, 0.5) is 8.78 Å². The number of nitrogens with zero attached hydrogens (tertiary/aromatic N) is 3. The maximum Gasteiger partial charge on any atom is 0.319 e. The van der Waals surface area contributed by atoms with Gasteiger partial charge in [-0.1, -0.05) is 44.2 Å². The first-order valence-corrected chi connectivity index (χ1v) is 9.43. The first-order valence-electron chi connectivity index (χ1n) is 9.43. The molecule has 0 fully saturated rings. The molecule has 0 saturated heterocycles. The Morgan fingerprint density at radius 3 is 2.39 bits per heavy atom. The average molecular weight is 505 g/mol. The maximum atomic E-state index is 13.0. The highest BCUT2D eigenvalue weighted by molar-refractivity contribution is 14.0. The molecule has 1 aromatic carbocycles. The smallest absolute Gasteiger partial charge is 0.319 e. The number of benzene rings is 1. The van der Waals surface area contributed by atoms with Crippen LogP contribution in [0.25, 0.3) is 0 Å². The molecule has 8 heteroatoms. The van der Waals surface area contributed by atoms with E-state index in [4.69, 9.17) is 0 Å². The summed E-state index contributed by atoms with van der Waals surface area (Å²) in [4.78, 5) is 8.42. The minimum absolute atomic E-state index is 0. The third-order valence-electron chi connectivity index (χ3n) is 5.02. The van der Waals surface area contributed by atoms with Crippen LogP contribution in [0.2, 0.25) is 0 Å². The van der Waals surface area contributed by atoms with E-state index in [0.717, 1.165) is 17.4 Å². The first-order chi connectivity index (χ1) is 13.1. The van der Waals surface area contributed by atoms with Crippen molar-refractivity contribution in [3.8, 4) is 0 Å². The quantitative estimate of drug-likeness (QED) is 0.295. The van der Waals surface area contributed by atoms with Crippen LogP contribution in [0.1, 0.15) is 51.6 Å². The van der Waals surface area contributed by atoms with Gasteiger partial charge in [0.05, 0.1) is 0 Å². The zero-order chi connectivity index (χ0) is 19.7. The summed E-state index contributed by atoms with van der Waals surface area (Å²) in [6, 6.07) is 10.4. The first kappa shape index (κ1) is 24.3. The molecule has 0 amide bonds. The molecule has 0 unspecified atom stereocenters. The molecule has 1 heterocycles. The highest BCUT2D eigenvalue weighted by atomic mass is 127. The van der Waals surface area contributed by atoms with Crippen LogP contribution in [-0.4, -0.2) is 28.6 Å². The van der Waals surface area contributed by atoms with Gasteiger partial charge in [-0.2, -0.15) is 8.78 Å². The molecule has 0 atom stereocenters. The molecule has 5 nitrogen and oxygen atoms in total. The summed E-state index contributed by atoms with van der Waals surface area (Å²) in [6.45, 7) is 5.21. The molecule has 2 rings (SSSR count). The summed E-state index contributed by atoms with van der Waals surface area (Å²) in [6.07, 6.45) is 4.60. The highest BCUT2D eigenvalue weighted by Gasteiger charge is 2.28. The molecule has 2 N–H and O–H groups in total. The molecule has 2 aromatic rings. The van der Waals surface area contributed by atoms with Crippen LogP contribution in [0.15, 0.2) is 47.7 Å². The third kappa shape index (κ3) is 6.15. The van der Waals surface area contributed by atoms with Crippen LogP contribution in [0.3, 0.4) is 0 Å². The lowest BCUT2D eigenvalue weighted by Gasteiger charge is -2.33. The zero-order valence-corrected chi connectivity index (χ0v) is 19.0. The number of aromatic nitrogens is 2. The number of hydrogen-bond donors (Lipinski definition) is 2. The number of halogens is 3. The van der Waals surface area contributed by atoms with Gasteiger partial charge in [-0.15, -0.1) is 24.0 Å². The number of rotatable bonds is 9. The van der Waals surface area contributed by atoms with E-state index in [1.807, 2.05) is 13.0 Å². The molecular formula is C20H30F2IN5. The Morgan fingerprint density at radius 1 is 1.14 bits per heavy atom. The lowest BCUT2D eigenvalue weighted by molar-refractivity contribution is 0.0671. The normalized spacial score (nSPS) is 12.0. The summed E-state index contributed by atoms with van der Waals surface area (Å²) in [5, 5.41) is 6.57. The van der Waals surface area contributed by atoms with E-state index >= 15 is 0 Å². The SMILES string of the molecule is CCNC(=NCc1nccn1C(F)F)NCC(CC)(CC)c1ccccc1.I. The van der Waals surface area contributed by atoms with E-state index in [1.165, 1.54) is 18.0 Å². The van der Waals surface area contributed by atoms with Gasteiger partial charge in [0.15, 0.2) is 5.96 Å². The second-order valence-corrected chi connectivity index (χ2v) is 6.43. The summed E-state index contributed by atoms with van der Waals surface area (Å²) >= 11 is 0. The van der Waals surface area contributed by atoms with Gasteiger partial charge in [0.25, 0.3) is 0 Å². The molecule has 28 heavy (non-hydrogen) atoms. The van der Waals surface area contributed by atoms with Crippen molar-refractivity contribution in [1.29, 1.82) is 0 Å². The summed E-state index contributed by atoms with van der Waals surface area (Å²) in [5.41, 5.74) is 1.27. The van der Waals surface area contributed by atoms with Crippen LogP contribution < -0.4 is 10.6 Å². The minimum Gasteiger partial charge on any atom is -0.357 e. The highest BCUT2D eigenvalue weighted by Crippen LogP contribution is 2.30. The number of alkyl halides is 2.